The highest BCUT2D eigenvalue weighted by atomic mass is 16.5. The first kappa shape index (κ1) is 25.1. The normalized spacial score (nSPS) is 18.1. The minimum absolute atomic E-state index is 0.0152. The van der Waals surface area contributed by atoms with E-state index in [1.165, 1.54) is 19.1 Å². The molecule has 1 fully saturated rings. The highest BCUT2D eigenvalue weighted by molar-refractivity contribution is 6.51. The van der Waals surface area contributed by atoms with Crippen LogP contribution in [-0.4, -0.2) is 43.6 Å². The highest BCUT2D eigenvalue weighted by Gasteiger charge is 2.47. The predicted octanol–water partition coefficient (Wildman–Crippen LogP) is 4.36. The zero-order chi connectivity index (χ0) is 26.8. The maximum Gasteiger partial charge on any atom is 0.309 e. The molecule has 0 spiro atoms. The number of rotatable bonds is 6. The molecule has 5 rings (SSSR count). The minimum Gasteiger partial charge on any atom is -0.507 e. The third-order valence-electron chi connectivity index (χ3n) is 6.83. The SMILES string of the molecule is COC(=O)Cc1ccc(N2C(=O)C(=O)/C(=C(\O)c3ccc4c(c3)CCCO4)C2c2cccc(OC)c2)cc1. The Morgan fingerprint density at radius 3 is 2.58 bits per heavy atom. The van der Waals surface area contributed by atoms with E-state index in [-0.39, 0.29) is 23.7 Å². The second-order valence-electron chi connectivity index (χ2n) is 9.14. The number of amides is 1. The summed E-state index contributed by atoms with van der Waals surface area (Å²) in [6, 6.07) is 18.2. The lowest BCUT2D eigenvalue weighted by atomic mass is 9.93. The average Bonchev–Trinajstić information content (AvgIpc) is 3.22. The van der Waals surface area contributed by atoms with Gasteiger partial charge in [0.1, 0.15) is 17.3 Å². The summed E-state index contributed by atoms with van der Waals surface area (Å²) in [5, 5.41) is 11.5. The van der Waals surface area contributed by atoms with Gasteiger partial charge in [0.25, 0.3) is 11.7 Å². The third-order valence-corrected chi connectivity index (χ3v) is 6.83. The highest BCUT2D eigenvalue weighted by Crippen LogP contribution is 2.43. The number of hydrogen-bond donors (Lipinski definition) is 1. The Balaban J connectivity index is 1.63. The molecule has 0 saturated carbocycles. The second kappa shape index (κ2) is 10.4. The van der Waals surface area contributed by atoms with Gasteiger partial charge in [-0.15, -0.1) is 0 Å². The van der Waals surface area contributed by atoms with E-state index in [1.54, 1.807) is 60.7 Å². The van der Waals surface area contributed by atoms with Crippen molar-refractivity contribution >= 4 is 29.1 Å². The molecule has 8 heteroatoms. The Labute approximate surface area is 220 Å². The summed E-state index contributed by atoms with van der Waals surface area (Å²) in [4.78, 5) is 39.9. The molecule has 1 N–H and O–H groups in total. The van der Waals surface area contributed by atoms with E-state index in [0.717, 1.165) is 24.2 Å². The fourth-order valence-corrected chi connectivity index (χ4v) is 4.90. The van der Waals surface area contributed by atoms with Crippen LogP contribution < -0.4 is 14.4 Å². The van der Waals surface area contributed by atoms with Crippen LogP contribution in [0.3, 0.4) is 0 Å². The fraction of sp³-hybridized carbons (Fsp3) is 0.233. The Kier molecular flexibility index (Phi) is 6.87. The average molecular weight is 514 g/mol. The van der Waals surface area contributed by atoms with Gasteiger partial charge in [-0.1, -0.05) is 24.3 Å². The summed E-state index contributed by atoms with van der Waals surface area (Å²) >= 11 is 0. The molecule has 0 aliphatic carbocycles. The largest absolute Gasteiger partial charge is 0.507 e. The molecule has 3 aromatic rings. The molecule has 38 heavy (non-hydrogen) atoms. The van der Waals surface area contributed by atoms with E-state index < -0.39 is 17.7 Å². The van der Waals surface area contributed by atoms with Crippen LogP contribution in [0, 0.1) is 0 Å². The molecule has 2 aliphatic heterocycles. The molecule has 0 bridgehead atoms. The van der Waals surface area contributed by atoms with Crippen molar-refractivity contribution in [3.8, 4) is 11.5 Å². The molecule has 0 aromatic heterocycles. The zero-order valence-electron chi connectivity index (χ0n) is 21.1. The summed E-state index contributed by atoms with van der Waals surface area (Å²) < 4.78 is 15.8. The van der Waals surface area contributed by atoms with Crippen LogP contribution in [0.15, 0.2) is 72.3 Å². The summed E-state index contributed by atoms with van der Waals surface area (Å²) in [7, 11) is 2.85. The first-order valence-corrected chi connectivity index (χ1v) is 12.3. The molecule has 1 saturated heterocycles. The van der Waals surface area contributed by atoms with Crippen LogP contribution in [0.4, 0.5) is 5.69 Å². The number of hydrogen-bond acceptors (Lipinski definition) is 7. The van der Waals surface area contributed by atoms with Gasteiger partial charge >= 0.3 is 5.97 Å². The minimum atomic E-state index is -0.899. The molecular weight excluding hydrogens is 486 g/mol. The van der Waals surface area contributed by atoms with E-state index >= 15 is 0 Å². The number of esters is 1. The number of anilines is 1. The monoisotopic (exact) mass is 513 g/mol. The fourth-order valence-electron chi connectivity index (χ4n) is 4.90. The first-order valence-electron chi connectivity index (χ1n) is 12.3. The number of aryl methyl sites for hydroxylation is 1. The standard InChI is InChI=1S/C30H27NO7/c1-36-23-7-3-5-20(17-23)27-26(28(33)21-10-13-24-19(16-21)6-4-14-38-24)29(34)30(35)31(27)22-11-8-18(9-12-22)15-25(32)37-2/h3,5,7-13,16-17,27,33H,4,6,14-15H2,1-2H3/b28-26-. The Morgan fingerprint density at radius 2 is 1.84 bits per heavy atom. The van der Waals surface area contributed by atoms with Gasteiger partial charge in [-0.05, 0) is 72.0 Å². The molecule has 0 radical (unpaired) electrons. The number of fused-ring (bicyclic) bond motifs is 1. The van der Waals surface area contributed by atoms with E-state index in [1.807, 2.05) is 6.07 Å². The Morgan fingerprint density at radius 1 is 1.05 bits per heavy atom. The number of benzene rings is 3. The lowest BCUT2D eigenvalue weighted by Crippen LogP contribution is -2.29. The maximum absolute atomic E-state index is 13.5. The first-order chi connectivity index (χ1) is 18.4. The van der Waals surface area contributed by atoms with Gasteiger partial charge in [-0.3, -0.25) is 19.3 Å². The number of ether oxygens (including phenoxy) is 3. The topological polar surface area (TPSA) is 102 Å². The van der Waals surface area contributed by atoms with Gasteiger partial charge in [0, 0.05) is 11.3 Å². The number of carbonyl (C=O) groups excluding carboxylic acids is 3. The summed E-state index contributed by atoms with van der Waals surface area (Å²) in [6.45, 7) is 0.637. The van der Waals surface area contributed by atoms with Gasteiger partial charge in [0.2, 0.25) is 0 Å². The van der Waals surface area contributed by atoms with Gasteiger partial charge in [-0.2, -0.15) is 0 Å². The Hall–Kier alpha value is -4.59. The number of aliphatic hydroxyl groups excluding tert-OH is 1. The van der Waals surface area contributed by atoms with Gasteiger partial charge in [0.15, 0.2) is 0 Å². The van der Waals surface area contributed by atoms with E-state index in [9.17, 15) is 19.5 Å². The molecule has 194 valence electrons. The summed E-state index contributed by atoms with van der Waals surface area (Å²) in [5.41, 5.74) is 3.11. The maximum atomic E-state index is 13.5. The van der Waals surface area contributed by atoms with Crippen LogP contribution in [0.5, 0.6) is 11.5 Å². The number of ketones is 1. The zero-order valence-corrected chi connectivity index (χ0v) is 21.1. The quantitative estimate of drug-likeness (QED) is 0.226. The lowest BCUT2D eigenvalue weighted by Gasteiger charge is -2.26. The summed E-state index contributed by atoms with van der Waals surface area (Å²) in [5.74, 6) is -0.888. The number of carbonyl (C=O) groups is 3. The molecule has 1 amide bonds. The van der Waals surface area contributed by atoms with Gasteiger partial charge in [0.05, 0.1) is 38.9 Å². The van der Waals surface area contributed by atoms with Crippen molar-refractivity contribution in [2.45, 2.75) is 25.3 Å². The number of Topliss-reactive ketones (excluding diaryl/α,β-unsaturated/α-hetero) is 1. The second-order valence-corrected chi connectivity index (χ2v) is 9.14. The molecular formula is C30H27NO7. The molecule has 8 nitrogen and oxygen atoms in total. The molecule has 1 atom stereocenters. The van der Waals surface area contributed by atoms with E-state index in [0.29, 0.717) is 34.7 Å². The van der Waals surface area contributed by atoms with Crippen molar-refractivity contribution < 1.29 is 33.7 Å². The number of aliphatic hydroxyl groups is 1. The van der Waals surface area contributed by atoms with Crippen LogP contribution in [0.2, 0.25) is 0 Å². The van der Waals surface area contributed by atoms with E-state index in [4.69, 9.17) is 14.2 Å². The molecule has 1 unspecified atom stereocenters. The van der Waals surface area contributed by atoms with Crippen molar-refractivity contribution in [1.29, 1.82) is 0 Å². The molecule has 2 aliphatic rings. The molecule has 3 aromatic carbocycles. The van der Waals surface area contributed by atoms with Gasteiger partial charge < -0.3 is 19.3 Å². The van der Waals surface area contributed by atoms with Gasteiger partial charge in [-0.25, -0.2) is 0 Å². The smallest absolute Gasteiger partial charge is 0.309 e. The number of methoxy groups -OCH3 is 2. The van der Waals surface area contributed by atoms with Crippen molar-refractivity contribution in [3.63, 3.8) is 0 Å². The molecule has 2 heterocycles. The van der Waals surface area contributed by atoms with E-state index in [2.05, 4.69) is 0 Å². The van der Waals surface area contributed by atoms with Crippen LogP contribution in [-0.2, 0) is 32.0 Å². The van der Waals surface area contributed by atoms with Crippen LogP contribution in [0.1, 0.15) is 34.7 Å². The van der Waals surface area contributed by atoms with Crippen LogP contribution in [0.25, 0.3) is 5.76 Å². The van der Waals surface area contributed by atoms with Crippen molar-refractivity contribution in [2.75, 3.05) is 25.7 Å². The summed E-state index contributed by atoms with van der Waals surface area (Å²) in [6.07, 6.45) is 1.73. The van der Waals surface area contributed by atoms with Crippen molar-refractivity contribution in [1.82, 2.24) is 0 Å². The van der Waals surface area contributed by atoms with Crippen molar-refractivity contribution in [2.24, 2.45) is 0 Å². The van der Waals surface area contributed by atoms with Crippen molar-refractivity contribution in [3.05, 3.63) is 94.6 Å². The number of nitrogens with zero attached hydrogens (tertiary/aromatic N) is 1. The lowest BCUT2D eigenvalue weighted by molar-refractivity contribution is -0.139. The Bertz CT molecular complexity index is 1440. The third kappa shape index (κ3) is 4.61. The predicted molar refractivity (Wildman–Crippen MR) is 140 cm³/mol. The van der Waals surface area contributed by atoms with Crippen LogP contribution >= 0.6 is 0 Å².